The first kappa shape index (κ1) is 11.0. The molecule has 15 heavy (non-hydrogen) atoms. The van der Waals surface area contributed by atoms with Crippen molar-refractivity contribution in [2.24, 2.45) is 5.73 Å². The second-order valence-corrected chi connectivity index (χ2v) is 2.75. The van der Waals surface area contributed by atoms with Crippen LogP contribution >= 0.6 is 0 Å². The zero-order valence-corrected chi connectivity index (χ0v) is 7.82. The van der Waals surface area contributed by atoms with E-state index in [-0.39, 0.29) is 6.54 Å². The maximum atomic E-state index is 11.1. The summed E-state index contributed by atoms with van der Waals surface area (Å²) in [4.78, 5) is 32.3. The normalized spacial score (nSPS) is 9.87. The molecule has 1 heterocycles. The lowest BCUT2D eigenvalue weighted by Gasteiger charge is -2.02. The fraction of sp³-hybridized carbons (Fsp3) is 0.429. The number of aryl methyl sites for hydroxylation is 1. The molecule has 8 heteroatoms. The molecule has 0 aromatic carbocycles. The van der Waals surface area contributed by atoms with E-state index in [1.165, 1.54) is 0 Å². The van der Waals surface area contributed by atoms with E-state index in [0.29, 0.717) is 13.0 Å². The lowest BCUT2D eigenvalue weighted by atomic mass is 10.4. The van der Waals surface area contributed by atoms with E-state index >= 15 is 0 Å². The third-order valence-corrected chi connectivity index (χ3v) is 1.63. The van der Waals surface area contributed by atoms with Crippen LogP contribution in [0.2, 0.25) is 0 Å². The molecule has 0 fully saturated rings. The Bertz CT molecular complexity index is 448. The van der Waals surface area contributed by atoms with Gasteiger partial charge in [-0.15, -0.1) is 0 Å². The van der Waals surface area contributed by atoms with E-state index in [9.17, 15) is 14.4 Å². The highest BCUT2D eigenvalue weighted by molar-refractivity contribution is 5.71. The molecule has 1 aromatic rings. The summed E-state index contributed by atoms with van der Waals surface area (Å²) in [5.41, 5.74) is 3.32. The summed E-state index contributed by atoms with van der Waals surface area (Å²) in [5.74, 6) is 0. The van der Waals surface area contributed by atoms with Crippen molar-refractivity contribution in [1.29, 1.82) is 0 Å². The van der Waals surface area contributed by atoms with Crippen LogP contribution in [-0.2, 0) is 6.54 Å². The van der Waals surface area contributed by atoms with Gasteiger partial charge in [-0.3, -0.25) is 14.2 Å². The lowest BCUT2D eigenvalue weighted by molar-refractivity contribution is 0.248. The highest BCUT2D eigenvalue weighted by Crippen LogP contribution is 1.80. The molecule has 2 amide bonds. The van der Waals surface area contributed by atoms with Gasteiger partial charge < -0.3 is 11.1 Å². The summed E-state index contributed by atoms with van der Waals surface area (Å²) in [7, 11) is 0. The molecule has 0 unspecified atom stereocenters. The zero-order valence-electron chi connectivity index (χ0n) is 7.82. The monoisotopic (exact) mass is 212 g/mol. The molecular weight excluding hydrogens is 202 g/mol. The van der Waals surface area contributed by atoms with Crippen LogP contribution in [0.15, 0.2) is 9.59 Å². The van der Waals surface area contributed by atoms with Crippen molar-refractivity contribution in [3.63, 3.8) is 0 Å². The first-order valence-corrected chi connectivity index (χ1v) is 4.22. The van der Waals surface area contributed by atoms with Gasteiger partial charge >= 0.3 is 17.1 Å². The first-order valence-electron chi connectivity index (χ1n) is 4.22. The maximum Gasteiger partial charge on any atom is 0.330 e. The van der Waals surface area contributed by atoms with Gasteiger partial charge in [-0.25, -0.2) is 9.89 Å². The molecular formula is C7H10N5O3. The number of hydrogen-bond donors (Lipinski definition) is 3. The Labute approximate surface area is 84.1 Å². The van der Waals surface area contributed by atoms with E-state index in [2.05, 4.69) is 16.7 Å². The number of primary amides is 1. The van der Waals surface area contributed by atoms with Crippen molar-refractivity contribution in [3.8, 4) is 0 Å². The van der Waals surface area contributed by atoms with E-state index in [1.54, 1.807) is 0 Å². The molecule has 0 saturated heterocycles. The third-order valence-electron chi connectivity index (χ3n) is 1.63. The highest BCUT2D eigenvalue weighted by atomic mass is 16.2. The average molecular weight is 212 g/mol. The number of carbonyl (C=O) groups is 1. The fourth-order valence-corrected chi connectivity index (χ4v) is 0.952. The molecule has 0 bridgehead atoms. The molecule has 4 N–H and O–H groups in total. The van der Waals surface area contributed by atoms with Crippen molar-refractivity contribution in [3.05, 3.63) is 27.0 Å². The Balaban J connectivity index is 2.52. The van der Waals surface area contributed by atoms with Gasteiger partial charge in [0, 0.05) is 13.1 Å². The molecule has 0 saturated carbocycles. The van der Waals surface area contributed by atoms with E-state index in [1.807, 2.05) is 5.10 Å². The van der Waals surface area contributed by atoms with Crippen LogP contribution in [-0.4, -0.2) is 27.3 Å². The van der Waals surface area contributed by atoms with Gasteiger partial charge in [-0.1, -0.05) is 0 Å². The van der Waals surface area contributed by atoms with Gasteiger partial charge in [-0.2, -0.15) is 5.10 Å². The SMILES string of the molecule is NC(=O)NCCCn1[c]n[nH]c(=O)c1=O. The number of aromatic amines is 1. The van der Waals surface area contributed by atoms with Crippen LogP contribution in [0.1, 0.15) is 6.42 Å². The zero-order chi connectivity index (χ0) is 11.3. The average Bonchev–Trinajstić information content (AvgIpc) is 2.18. The quantitative estimate of drug-likeness (QED) is 0.386. The van der Waals surface area contributed by atoms with Crippen LogP contribution in [0.25, 0.3) is 0 Å². The molecule has 1 aromatic heterocycles. The van der Waals surface area contributed by atoms with Crippen LogP contribution in [0.3, 0.4) is 0 Å². The number of aromatic nitrogens is 3. The van der Waals surface area contributed by atoms with Gasteiger partial charge in [0.2, 0.25) is 6.33 Å². The van der Waals surface area contributed by atoms with E-state index in [0.717, 1.165) is 4.57 Å². The second-order valence-electron chi connectivity index (χ2n) is 2.75. The highest BCUT2D eigenvalue weighted by Gasteiger charge is 2.00. The number of nitrogens with zero attached hydrogens (tertiary/aromatic N) is 2. The van der Waals surface area contributed by atoms with Crippen molar-refractivity contribution >= 4 is 6.03 Å². The molecule has 0 aliphatic carbocycles. The number of amides is 2. The molecule has 0 aliphatic rings. The first-order chi connectivity index (χ1) is 7.11. The Morgan fingerprint density at radius 2 is 2.33 bits per heavy atom. The van der Waals surface area contributed by atoms with Gasteiger partial charge in [0.15, 0.2) is 0 Å². The largest absolute Gasteiger partial charge is 0.352 e. The number of nitrogens with one attached hydrogen (secondary N) is 2. The Morgan fingerprint density at radius 3 is 3.00 bits per heavy atom. The van der Waals surface area contributed by atoms with Crippen LogP contribution in [0.4, 0.5) is 4.79 Å². The van der Waals surface area contributed by atoms with Crippen LogP contribution in [0, 0.1) is 6.33 Å². The Kier molecular flexibility index (Phi) is 3.61. The molecule has 1 radical (unpaired) electrons. The number of carbonyl (C=O) groups excluding carboxylic acids is 1. The summed E-state index contributed by atoms with van der Waals surface area (Å²) in [5, 5.41) is 7.66. The van der Waals surface area contributed by atoms with Crippen molar-refractivity contribution < 1.29 is 4.79 Å². The summed E-state index contributed by atoms with van der Waals surface area (Å²) in [6, 6.07) is -0.629. The van der Waals surface area contributed by atoms with Crippen LogP contribution < -0.4 is 22.2 Å². The molecule has 1 rings (SSSR count). The van der Waals surface area contributed by atoms with Gasteiger partial charge in [-0.05, 0) is 6.42 Å². The molecule has 8 nitrogen and oxygen atoms in total. The number of urea groups is 1. The summed E-state index contributed by atoms with van der Waals surface area (Å²) in [6.45, 7) is 0.568. The summed E-state index contributed by atoms with van der Waals surface area (Å²) < 4.78 is 1.04. The predicted octanol–water partition coefficient (Wildman–Crippen LogP) is -2.21. The second kappa shape index (κ2) is 4.94. The Morgan fingerprint density at radius 1 is 1.60 bits per heavy atom. The topological polar surface area (TPSA) is 123 Å². The fourth-order valence-electron chi connectivity index (χ4n) is 0.952. The lowest BCUT2D eigenvalue weighted by Crippen LogP contribution is -2.38. The third kappa shape index (κ3) is 3.25. The maximum absolute atomic E-state index is 11.1. The van der Waals surface area contributed by atoms with Gasteiger partial charge in [0.25, 0.3) is 0 Å². The van der Waals surface area contributed by atoms with E-state index < -0.39 is 17.1 Å². The number of nitrogens with two attached hydrogens (primary N) is 1. The van der Waals surface area contributed by atoms with Gasteiger partial charge in [0.05, 0.1) is 0 Å². The number of rotatable bonds is 4. The molecule has 0 atom stereocenters. The van der Waals surface area contributed by atoms with Crippen molar-refractivity contribution in [2.75, 3.05) is 6.54 Å². The minimum atomic E-state index is -0.795. The van der Waals surface area contributed by atoms with Crippen molar-refractivity contribution in [1.82, 2.24) is 20.1 Å². The summed E-state index contributed by atoms with van der Waals surface area (Å²) in [6.07, 6.45) is 2.78. The summed E-state index contributed by atoms with van der Waals surface area (Å²) >= 11 is 0. The minimum Gasteiger partial charge on any atom is -0.352 e. The standard InChI is InChI=1S/C7H10N5O3/c8-7(15)9-2-1-3-12-4-10-11-5(13)6(12)14/h1-3H2,(H,11,13)(H3,8,9,15). The molecule has 81 valence electrons. The smallest absolute Gasteiger partial charge is 0.330 e. The molecule has 0 aliphatic heterocycles. The Hall–Kier alpha value is -2.12. The van der Waals surface area contributed by atoms with E-state index in [4.69, 9.17) is 5.73 Å². The number of hydrogen-bond acceptors (Lipinski definition) is 4. The van der Waals surface area contributed by atoms with Crippen molar-refractivity contribution in [2.45, 2.75) is 13.0 Å². The molecule has 0 spiro atoms. The van der Waals surface area contributed by atoms with Gasteiger partial charge in [0.1, 0.15) is 0 Å². The predicted molar refractivity (Wildman–Crippen MR) is 50.2 cm³/mol. The number of H-pyrrole nitrogens is 1. The minimum absolute atomic E-state index is 0.246. The van der Waals surface area contributed by atoms with Crippen LogP contribution in [0.5, 0.6) is 0 Å².